The van der Waals surface area contributed by atoms with Crippen LogP contribution in [0.1, 0.15) is 17.0 Å². The molecule has 2 aromatic rings. The Morgan fingerprint density at radius 3 is 2.32 bits per heavy atom. The Balaban J connectivity index is 2.02. The van der Waals surface area contributed by atoms with E-state index in [4.69, 9.17) is 4.74 Å². The van der Waals surface area contributed by atoms with E-state index in [9.17, 15) is 0 Å². The van der Waals surface area contributed by atoms with E-state index in [1.165, 1.54) is 0 Å². The van der Waals surface area contributed by atoms with E-state index in [0.29, 0.717) is 5.95 Å². The van der Waals surface area contributed by atoms with Crippen molar-refractivity contribution in [2.75, 3.05) is 12.5 Å². The molecule has 0 aliphatic heterocycles. The molecule has 0 unspecified atom stereocenters. The average molecular weight is 256 g/mol. The van der Waals surface area contributed by atoms with Gasteiger partial charge in [0.15, 0.2) is 0 Å². The zero-order chi connectivity index (χ0) is 13.7. The Kier molecular flexibility index (Phi) is 4.07. The van der Waals surface area contributed by atoms with Gasteiger partial charge in [0.25, 0.3) is 0 Å². The molecule has 0 aliphatic rings. The lowest BCUT2D eigenvalue weighted by molar-refractivity contribution is 0.415. The number of nitrogens with zero attached hydrogens (tertiary/aromatic N) is 3. The number of hydrazone groups is 1. The molecule has 19 heavy (non-hydrogen) atoms. The van der Waals surface area contributed by atoms with E-state index in [2.05, 4.69) is 20.5 Å². The fraction of sp³-hybridized carbons (Fsp3) is 0.214. The zero-order valence-corrected chi connectivity index (χ0v) is 11.2. The number of aryl methyl sites for hydroxylation is 2. The summed E-state index contributed by atoms with van der Waals surface area (Å²) in [6.07, 6.45) is 1.71. The molecule has 0 bridgehead atoms. The van der Waals surface area contributed by atoms with Crippen LogP contribution in [-0.4, -0.2) is 23.3 Å². The monoisotopic (exact) mass is 256 g/mol. The number of rotatable bonds is 4. The van der Waals surface area contributed by atoms with Crippen LogP contribution in [0.2, 0.25) is 0 Å². The summed E-state index contributed by atoms with van der Waals surface area (Å²) in [7, 11) is 1.64. The van der Waals surface area contributed by atoms with Crippen LogP contribution in [0.15, 0.2) is 35.4 Å². The number of anilines is 1. The second-order valence-corrected chi connectivity index (χ2v) is 4.12. The van der Waals surface area contributed by atoms with Crippen molar-refractivity contribution in [2.24, 2.45) is 5.10 Å². The summed E-state index contributed by atoms with van der Waals surface area (Å²) in [5.41, 5.74) is 5.61. The fourth-order valence-corrected chi connectivity index (χ4v) is 1.63. The Bertz CT molecular complexity index is 558. The highest BCUT2D eigenvalue weighted by Crippen LogP contribution is 2.10. The quantitative estimate of drug-likeness (QED) is 0.674. The predicted octanol–water partition coefficient (Wildman–Crippen LogP) is 2.55. The second kappa shape index (κ2) is 5.95. The highest BCUT2D eigenvalue weighted by Gasteiger charge is 1.96. The average Bonchev–Trinajstić information content (AvgIpc) is 2.38. The molecule has 0 amide bonds. The Morgan fingerprint density at radius 2 is 1.74 bits per heavy atom. The minimum atomic E-state index is 0.502. The molecule has 0 fully saturated rings. The van der Waals surface area contributed by atoms with Crippen molar-refractivity contribution in [3.05, 3.63) is 47.3 Å². The molecule has 5 nitrogen and oxygen atoms in total. The summed E-state index contributed by atoms with van der Waals surface area (Å²) in [6.45, 7) is 3.85. The van der Waals surface area contributed by atoms with Gasteiger partial charge in [-0.1, -0.05) is 0 Å². The van der Waals surface area contributed by atoms with Crippen molar-refractivity contribution >= 4 is 12.2 Å². The lowest BCUT2D eigenvalue weighted by atomic mass is 10.2. The molecule has 98 valence electrons. The maximum Gasteiger partial charge on any atom is 0.243 e. The normalized spacial score (nSPS) is 10.7. The minimum absolute atomic E-state index is 0.502. The Labute approximate surface area is 112 Å². The molecule has 1 heterocycles. The first-order valence-corrected chi connectivity index (χ1v) is 5.93. The maximum atomic E-state index is 5.09. The summed E-state index contributed by atoms with van der Waals surface area (Å²) in [5.74, 6) is 1.32. The van der Waals surface area contributed by atoms with Crippen molar-refractivity contribution in [2.45, 2.75) is 13.8 Å². The molecule has 2 rings (SSSR count). The third-order valence-corrected chi connectivity index (χ3v) is 2.48. The van der Waals surface area contributed by atoms with Gasteiger partial charge >= 0.3 is 0 Å². The van der Waals surface area contributed by atoms with Gasteiger partial charge in [-0.3, -0.25) is 0 Å². The van der Waals surface area contributed by atoms with Crippen molar-refractivity contribution < 1.29 is 4.74 Å². The van der Waals surface area contributed by atoms with Gasteiger partial charge in [-0.05, 0) is 49.7 Å². The van der Waals surface area contributed by atoms with E-state index >= 15 is 0 Å². The third kappa shape index (κ3) is 3.77. The van der Waals surface area contributed by atoms with Crippen LogP contribution >= 0.6 is 0 Å². The van der Waals surface area contributed by atoms with Crippen LogP contribution in [0.5, 0.6) is 5.75 Å². The van der Waals surface area contributed by atoms with E-state index in [0.717, 1.165) is 22.7 Å². The number of ether oxygens (including phenoxy) is 1. The van der Waals surface area contributed by atoms with Gasteiger partial charge in [-0.2, -0.15) is 5.10 Å². The van der Waals surface area contributed by atoms with Crippen molar-refractivity contribution in [1.82, 2.24) is 9.97 Å². The minimum Gasteiger partial charge on any atom is -0.497 e. The second-order valence-electron chi connectivity index (χ2n) is 4.12. The SMILES string of the molecule is COc1ccc(/C=N\Nc2nc(C)cc(C)n2)cc1. The van der Waals surface area contributed by atoms with E-state index in [1.807, 2.05) is 44.2 Å². The maximum absolute atomic E-state index is 5.09. The van der Waals surface area contributed by atoms with Gasteiger partial charge in [-0.15, -0.1) is 0 Å². The highest BCUT2D eigenvalue weighted by atomic mass is 16.5. The first kappa shape index (κ1) is 13.0. The van der Waals surface area contributed by atoms with Crippen LogP contribution < -0.4 is 10.2 Å². The zero-order valence-electron chi connectivity index (χ0n) is 11.2. The molecule has 0 atom stereocenters. The molecular weight excluding hydrogens is 240 g/mol. The number of hydrogen-bond donors (Lipinski definition) is 1. The molecule has 0 saturated heterocycles. The molecule has 0 aliphatic carbocycles. The van der Waals surface area contributed by atoms with E-state index in [1.54, 1.807) is 13.3 Å². The van der Waals surface area contributed by atoms with Gasteiger partial charge in [0.1, 0.15) is 5.75 Å². The van der Waals surface area contributed by atoms with Gasteiger partial charge < -0.3 is 4.74 Å². The van der Waals surface area contributed by atoms with Crippen molar-refractivity contribution in [1.29, 1.82) is 0 Å². The Morgan fingerprint density at radius 1 is 1.11 bits per heavy atom. The molecule has 1 aromatic heterocycles. The lowest BCUT2D eigenvalue weighted by Gasteiger charge is -2.02. The van der Waals surface area contributed by atoms with Gasteiger partial charge in [0.2, 0.25) is 5.95 Å². The molecule has 1 N–H and O–H groups in total. The van der Waals surface area contributed by atoms with Crippen molar-refractivity contribution in [3.8, 4) is 5.75 Å². The van der Waals surface area contributed by atoms with Crippen LogP contribution in [-0.2, 0) is 0 Å². The van der Waals surface area contributed by atoms with E-state index < -0.39 is 0 Å². The molecular formula is C14H16N4O. The summed E-state index contributed by atoms with van der Waals surface area (Å²) in [4.78, 5) is 8.47. The number of nitrogens with one attached hydrogen (secondary N) is 1. The molecule has 0 spiro atoms. The Hall–Kier alpha value is -2.43. The largest absolute Gasteiger partial charge is 0.497 e. The van der Waals surface area contributed by atoms with Crippen LogP contribution in [0, 0.1) is 13.8 Å². The molecule has 0 radical (unpaired) electrons. The summed E-state index contributed by atoms with van der Waals surface area (Å²) in [5, 5.41) is 4.11. The number of aromatic nitrogens is 2. The first-order chi connectivity index (χ1) is 9.17. The number of methoxy groups -OCH3 is 1. The predicted molar refractivity (Wildman–Crippen MR) is 75.7 cm³/mol. The van der Waals surface area contributed by atoms with Crippen molar-refractivity contribution in [3.63, 3.8) is 0 Å². The molecule has 5 heteroatoms. The van der Waals surface area contributed by atoms with Gasteiger partial charge in [0, 0.05) is 11.4 Å². The summed E-state index contributed by atoms with van der Waals surface area (Å²) >= 11 is 0. The molecule has 1 aromatic carbocycles. The topological polar surface area (TPSA) is 59.4 Å². The highest BCUT2D eigenvalue weighted by molar-refractivity contribution is 5.80. The summed E-state index contributed by atoms with van der Waals surface area (Å²) in [6, 6.07) is 9.53. The number of hydrogen-bond acceptors (Lipinski definition) is 5. The fourth-order valence-electron chi connectivity index (χ4n) is 1.63. The first-order valence-electron chi connectivity index (χ1n) is 5.93. The number of benzene rings is 1. The third-order valence-electron chi connectivity index (χ3n) is 2.48. The lowest BCUT2D eigenvalue weighted by Crippen LogP contribution is -1.99. The summed E-state index contributed by atoms with van der Waals surface area (Å²) < 4.78 is 5.09. The van der Waals surface area contributed by atoms with Gasteiger partial charge in [-0.25, -0.2) is 15.4 Å². The molecule has 0 saturated carbocycles. The van der Waals surface area contributed by atoms with E-state index in [-0.39, 0.29) is 0 Å². The van der Waals surface area contributed by atoms with Crippen LogP contribution in [0.3, 0.4) is 0 Å². The van der Waals surface area contributed by atoms with Crippen LogP contribution in [0.25, 0.3) is 0 Å². The smallest absolute Gasteiger partial charge is 0.243 e. The van der Waals surface area contributed by atoms with Crippen LogP contribution in [0.4, 0.5) is 5.95 Å². The standard InChI is InChI=1S/C14H16N4O/c1-10-8-11(2)17-14(16-10)18-15-9-12-4-6-13(19-3)7-5-12/h4-9H,1-3H3,(H,16,17,18)/b15-9-. The van der Waals surface area contributed by atoms with Gasteiger partial charge in [0.05, 0.1) is 13.3 Å².